The summed E-state index contributed by atoms with van der Waals surface area (Å²) < 4.78 is 24.9. The highest BCUT2D eigenvalue weighted by atomic mass is 35.5. The molecule has 0 saturated carbocycles. The van der Waals surface area contributed by atoms with Gasteiger partial charge >= 0.3 is 0 Å². The third kappa shape index (κ3) is 4.06. The van der Waals surface area contributed by atoms with Crippen molar-refractivity contribution in [1.82, 2.24) is 9.97 Å². The number of anilines is 1. The molecule has 0 radical (unpaired) electrons. The lowest BCUT2D eigenvalue weighted by Crippen LogP contribution is -2.41. The maximum absolute atomic E-state index is 13.4. The van der Waals surface area contributed by atoms with E-state index < -0.39 is 0 Å². The molecule has 1 atom stereocenters. The second-order valence-corrected chi connectivity index (χ2v) is 5.94. The minimum absolute atomic E-state index is 0.0378. The van der Waals surface area contributed by atoms with Crippen LogP contribution in [-0.2, 0) is 0 Å². The van der Waals surface area contributed by atoms with E-state index in [1.165, 1.54) is 18.3 Å². The summed E-state index contributed by atoms with van der Waals surface area (Å²) >= 11 is 5.92. The van der Waals surface area contributed by atoms with Crippen LogP contribution in [0.5, 0.6) is 11.5 Å². The van der Waals surface area contributed by atoms with Crippen molar-refractivity contribution in [3.63, 3.8) is 0 Å². The first-order chi connectivity index (χ1) is 11.7. The molecule has 1 aromatic carbocycles. The van der Waals surface area contributed by atoms with Crippen molar-refractivity contribution in [2.24, 2.45) is 0 Å². The summed E-state index contributed by atoms with van der Waals surface area (Å²) in [7, 11) is 0. The predicted molar refractivity (Wildman–Crippen MR) is 90.5 cm³/mol. The fraction of sp³-hybridized carbons (Fsp3) is 0.412. The number of benzene rings is 1. The van der Waals surface area contributed by atoms with E-state index in [0.29, 0.717) is 29.8 Å². The molecule has 7 heteroatoms. The Hall–Kier alpha value is -2.08. The van der Waals surface area contributed by atoms with Crippen LogP contribution < -0.4 is 14.4 Å². The van der Waals surface area contributed by atoms with Gasteiger partial charge in [-0.3, -0.25) is 4.98 Å². The monoisotopic (exact) mass is 351 g/mol. The smallest absolute Gasteiger partial charge is 0.164 e. The Labute approximate surface area is 145 Å². The molecule has 1 aromatic heterocycles. The van der Waals surface area contributed by atoms with Gasteiger partial charge in [0.2, 0.25) is 0 Å². The minimum atomic E-state index is -0.342. The van der Waals surface area contributed by atoms with Crippen LogP contribution in [0.1, 0.15) is 19.8 Å². The zero-order valence-electron chi connectivity index (χ0n) is 13.4. The van der Waals surface area contributed by atoms with E-state index in [1.54, 1.807) is 12.3 Å². The minimum Gasteiger partial charge on any atom is -0.490 e. The molecular formula is C17H19ClFN3O2. The number of halogens is 2. The Kier molecular flexibility index (Phi) is 5.35. The van der Waals surface area contributed by atoms with Crippen LogP contribution >= 0.6 is 11.6 Å². The fourth-order valence-electron chi connectivity index (χ4n) is 2.75. The molecule has 0 aliphatic carbocycles. The second kappa shape index (κ2) is 7.66. The molecule has 3 rings (SSSR count). The summed E-state index contributed by atoms with van der Waals surface area (Å²) in [4.78, 5) is 10.5. The van der Waals surface area contributed by atoms with Crippen LogP contribution in [0.4, 0.5) is 10.2 Å². The van der Waals surface area contributed by atoms with E-state index in [9.17, 15) is 4.39 Å². The van der Waals surface area contributed by atoms with E-state index >= 15 is 0 Å². The Morgan fingerprint density at radius 3 is 3.00 bits per heavy atom. The number of ether oxygens (including phenoxy) is 2. The molecule has 5 nitrogen and oxygen atoms in total. The van der Waals surface area contributed by atoms with Gasteiger partial charge in [-0.25, -0.2) is 9.37 Å². The van der Waals surface area contributed by atoms with Crippen LogP contribution in [0.25, 0.3) is 0 Å². The van der Waals surface area contributed by atoms with Crippen LogP contribution in [0.15, 0.2) is 30.6 Å². The molecule has 128 valence electrons. The van der Waals surface area contributed by atoms with Gasteiger partial charge in [0.15, 0.2) is 11.5 Å². The van der Waals surface area contributed by atoms with Gasteiger partial charge in [-0.05, 0) is 31.9 Å². The number of rotatable bonds is 5. The van der Waals surface area contributed by atoms with Crippen molar-refractivity contribution in [3.05, 3.63) is 41.6 Å². The quantitative estimate of drug-likeness (QED) is 0.821. The van der Waals surface area contributed by atoms with E-state index in [-0.39, 0.29) is 11.9 Å². The maximum Gasteiger partial charge on any atom is 0.164 e. The van der Waals surface area contributed by atoms with Crippen LogP contribution in [0, 0.1) is 5.82 Å². The highest BCUT2D eigenvalue weighted by molar-refractivity contribution is 6.29. The largest absolute Gasteiger partial charge is 0.490 e. The first kappa shape index (κ1) is 16.8. The summed E-state index contributed by atoms with van der Waals surface area (Å²) in [5, 5.41) is 0.368. The molecule has 1 aliphatic rings. The van der Waals surface area contributed by atoms with Crippen molar-refractivity contribution < 1.29 is 13.9 Å². The van der Waals surface area contributed by atoms with Gasteiger partial charge in [0, 0.05) is 12.6 Å². The normalized spacial score (nSPS) is 17.6. The molecule has 0 spiro atoms. The van der Waals surface area contributed by atoms with Gasteiger partial charge in [-0.1, -0.05) is 11.6 Å². The summed E-state index contributed by atoms with van der Waals surface area (Å²) in [6, 6.07) is 4.33. The van der Waals surface area contributed by atoms with Crippen molar-refractivity contribution >= 4 is 17.4 Å². The molecule has 0 bridgehead atoms. The zero-order valence-corrected chi connectivity index (χ0v) is 14.2. The number of nitrogens with zero attached hydrogens (tertiary/aromatic N) is 3. The summed E-state index contributed by atoms with van der Waals surface area (Å²) in [5.74, 6) is 1.38. The SMILES string of the molecule is CCOc1cc(F)ccc1O[C@@H]1CCCN(c2cncc(Cl)n2)C1. The van der Waals surface area contributed by atoms with E-state index in [4.69, 9.17) is 21.1 Å². The third-order valence-corrected chi connectivity index (χ3v) is 3.98. The molecule has 0 unspecified atom stereocenters. The maximum atomic E-state index is 13.4. The fourth-order valence-corrected chi connectivity index (χ4v) is 2.90. The molecule has 1 fully saturated rings. The Morgan fingerprint density at radius 2 is 2.21 bits per heavy atom. The molecule has 0 amide bonds. The highest BCUT2D eigenvalue weighted by Gasteiger charge is 2.24. The zero-order chi connectivity index (χ0) is 16.9. The molecule has 2 heterocycles. The highest BCUT2D eigenvalue weighted by Crippen LogP contribution is 2.31. The van der Waals surface area contributed by atoms with Crippen LogP contribution in [-0.4, -0.2) is 35.8 Å². The van der Waals surface area contributed by atoms with E-state index in [0.717, 1.165) is 25.2 Å². The van der Waals surface area contributed by atoms with E-state index in [2.05, 4.69) is 14.9 Å². The average Bonchev–Trinajstić information content (AvgIpc) is 2.58. The van der Waals surface area contributed by atoms with Crippen LogP contribution in [0.3, 0.4) is 0 Å². The number of piperidine rings is 1. The average molecular weight is 352 g/mol. The Balaban J connectivity index is 1.72. The standard InChI is InChI=1S/C17H19ClFN3O2/c1-2-23-15-8-12(19)5-6-14(15)24-13-4-3-7-22(11-13)17-10-20-9-16(18)21-17/h5-6,8-10,13H,2-4,7,11H2,1H3/t13-/m1/s1. The lowest BCUT2D eigenvalue weighted by Gasteiger charge is -2.33. The van der Waals surface area contributed by atoms with Gasteiger partial charge in [0.25, 0.3) is 0 Å². The summed E-state index contributed by atoms with van der Waals surface area (Å²) in [6.45, 7) is 3.85. The lowest BCUT2D eigenvalue weighted by molar-refractivity contribution is 0.169. The topological polar surface area (TPSA) is 47.5 Å². The molecule has 1 aliphatic heterocycles. The summed E-state index contributed by atoms with van der Waals surface area (Å²) in [5.41, 5.74) is 0. The third-order valence-electron chi connectivity index (χ3n) is 3.79. The van der Waals surface area contributed by atoms with Gasteiger partial charge in [0.05, 0.1) is 25.5 Å². The van der Waals surface area contributed by atoms with Crippen LogP contribution in [0.2, 0.25) is 5.15 Å². The second-order valence-electron chi connectivity index (χ2n) is 5.55. The lowest BCUT2D eigenvalue weighted by atomic mass is 10.1. The first-order valence-electron chi connectivity index (χ1n) is 7.97. The Morgan fingerprint density at radius 1 is 1.33 bits per heavy atom. The summed E-state index contributed by atoms with van der Waals surface area (Å²) in [6.07, 6.45) is 5.04. The van der Waals surface area contributed by atoms with Crippen molar-refractivity contribution in [3.8, 4) is 11.5 Å². The predicted octanol–water partition coefficient (Wildman–Crippen LogP) is 3.72. The van der Waals surface area contributed by atoms with Crippen molar-refractivity contribution in [1.29, 1.82) is 0 Å². The van der Waals surface area contributed by atoms with E-state index in [1.807, 2.05) is 6.92 Å². The first-order valence-corrected chi connectivity index (χ1v) is 8.35. The van der Waals surface area contributed by atoms with Gasteiger partial charge in [0.1, 0.15) is 22.9 Å². The van der Waals surface area contributed by atoms with Gasteiger partial charge in [-0.15, -0.1) is 0 Å². The molecule has 1 saturated heterocycles. The Bertz CT molecular complexity index is 701. The molecule has 24 heavy (non-hydrogen) atoms. The van der Waals surface area contributed by atoms with Crippen molar-refractivity contribution in [2.45, 2.75) is 25.9 Å². The number of hydrogen-bond acceptors (Lipinski definition) is 5. The number of hydrogen-bond donors (Lipinski definition) is 0. The molecule has 0 N–H and O–H groups in total. The number of aromatic nitrogens is 2. The van der Waals surface area contributed by atoms with Crippen molar-refractivity contribution in [2.75, 3.05) is 24.6 Å². The van der Waals surface area contributed by atoms with Gasteiger partial charge in [-0.2, -0.15) is 0 Å². The molecular weight excluding hydrogens is 333 g/mol. The van der Waals surface area contributed by atoms with Gasteiger partial charge < -0.3 is 14.4 Å². The molecule has 2 aromatic rings.